The Hall–Kier alpha value is -2.57. The van der Waals surface area contributed by atoms with Crippen molar-refractivity contribution in [3.05, 3.63) is 59.2 Å². The van der Waals surface area contributed by atoms with E-state index in [1.165, 1.54) is 0 Å². The first kappa shape index (κ1) is 24.5. The third-order valence-electron chi connectivity index (χ3n) is 4.11. The molecule has 2 rings (SSSR count). The van der Waals surface area contributed by atoms with Crippen molar-refractivity contribution in [1.82, 2.24) is 5.32 Å². The molecule has 0 saturated carbocycles. The molecule has 0 aliphatic rings. The van der Waals surface area contributed by atoms with Crippen LogP contribution in [0.3, 0.4) is 0 Å². The van der Waals surface area contributed by atoms with Gasteiger partial charge < -0.3 is 20.5 Å². The fourth-order valence-corrected chi connectivity index (χ4v) is 2.74. The summed E-state index contributed by atoms with van der Waals surface area (Å²) in [5, 5.41) is 2.82. The monoisotopic (exact) mass is 420 g/mol. The summed E-state index contributed by atoms with van der Waals surface area (Å²) >= 11 is 0. The van der Waals surface area contributed by atoms with Gasteiger partial charge in [-0.05, 0) is 51.5 Å². The van der Waals surface area contributed by atoms with Gasteiger partial charge in [-0.15, -0.1) is 12.4 Å². The number of rotatable bonds is 10. The van der Waals surface area contributed by atoms with Crippen LogP contribution in [0.4, 0.5) is 0 Å². The molecule has 7 heteroatoms. The first-order valence-electron chi connectivity index (χ1n) is 9.55. The Morgan fingerprint density at radius 1 is 1.00 bits per heavy atom. The van der Waals surface area contributed by atoms with Crippen LogP contribution in [0.1, 0.15) is 53.5 Å². The molecule has 0 aliphatic heterocycles. The van der Waals surface area contributed by atoms with Gasteiger partial charge in [0.2, 0.25) is 0 Å². The van der Waals surface area contributed by atoms with Crippen LogP contribution >= 0.6 is 12.4 Å². The fraction of sp³-hybridized carbons (Fsp3) is 0.364. The van der Waals surface area contributed by atoms with E-state index in [-0.39, 0.29) is 30.1 Å². The van der Waals surface area contributed by atoms with Gasteiger partial charge in [0.25, 0.3) is 5.91 Å². The second-order valence-corrected chi connectivity index (χ2v) is 6.42. The molecule has 2 aromatic carbocycles. The number of benzene rings is 2. The number of ketones is 1. The fourth-order valence-electron chi connectivity index (χ4n) is 2.74. The maximum absolute atomic E-state index is 13.1. The third kappa shape index (κ3) is 6.76. The summed E-state index contributed by atoms with van der Waals surface area (Å²) in [7, 11) is 0. The van der Waals surface area contributed by atoms with Crippen LogP contribution in [0.25, 0.3) is 0 Å². The highest BCUT2D eigenvalue weighted by Gasteiger charge is 2.19. The quantitative estimate of drug-likeness (QED) is 0.573. The normalized spacial score (nSPS) is 11.2. The van der Waals surface area contributed by atoms with Crippen LogP contribution < -0.4 is 20.5 Å². The molecule has 0 bridgehead atoms. The number of nitrogens with two attached hydrogens (primary N) is 1. The van der Waals surface area contributed by atoms with Gasteiger partial charge in [-0.1, -0.05) is 18.2 Å². The molecule has 0 spiro atoms. The number of hydrogen-bond donors (Lipinski definition) is 2. The van der Waals surface area contributed by atoms with Crippen molar-refractivity contribution < 1.29 is 19.1 Å². The van der Waals surface area contributed by atoms with E-state index in [1.807, 2.05) is 20.8 Å². The highest BCUT2D eigenvalue weighted by Crippen LogP contribution is 2.29. The molecule has 1 atom stereocenters. The van der Waals surface area contributed by atoms with E-state index in [1.54, 1.807) is 42.5 Å². The second-order valence-electron chi connectivity index (χ2n) is 6.42. The van der Waals surface area contributed by atoms with E-state index in [4.69, 9.17) is 15.2 Å². The smallest absolute Gasteiger partial charge is 0.252 e. The van der Waals surface area contributed by atoms with Crippen molar-refractivity contribution in [2.45, 2.75) is 33.2 Å². The van der Waals surface area contributed by atoms with E-state index >= 15 is 0 Å². The van der Waals surface area contributed by atoms with Crippen LogP contribution in [-0.4, -0.2) is 37.5 Å². The highest BCUT2D eigenvalue weighted by atomic mass is 35.5. The van der Waals surface area contributed by atoms with Crippen LogP contribution in [0.2, 0.25) is 0 Å². The summed E-state index contributed by atoms with van der Waals surface area (Å²) in [6, 6.07) is 11.8. The topological polar surface area (TPSA) is 90.7 Å². The molecule has 3 N–H and O–H groups in total. The molecule has 0 aromatic heterocycles. The number of halogens is 1. The Labute approximate surface area is 178 Å². The minimum Gasteiger partial charge on any atom is -0.490 e. The maximum atomic E-state index is 13.1. The van der Waals surface area contributed by atoms with Crippen molar-refractivity contribution in [1.29, 1.82) is 0 Å². The molecule has 1 amide bonds. The molecule has 2 aromatic rings. The highest BCUT2D eigenvalue weighted by molar-refractivity contribution is 6.15. The van der Waals surface area contributed by atoms with Gasteiger partial charge >= 0.3 is 0 Å². The molecule has 0 radical (unpaired) electrons. The van der Waals surface area contributed by atoms with Crippen molar-refractivity contribution >= 4 is 24.1 Å². The van der Waals surface area contributed by atoms with Crippen molar-refractivity contribution in [2.24, 2.45) is 5.73 Å². The van der Waals surface area contributed by atoms with Crippen molar-refractivity contribution in [3.8, 4) is 11.5 Å². The molecule has 0 saturated heterocycles. The SMILES string of the molecule is CCOc1ccc(C(=O)c2ccccc2C(=O)NCCC(C)N)cc1OCC.Cl. The lowest BCUT2D eigenvalue weighted by Gasteiger charge is -2.13. The number of ether oxygens (including phenoxy) is 2. The Kier molecular flexibility index (Phi) is 10.2. The van der Waals surface area contributed by atoms with Gasteiger partial charge in [-0.3, -0.25) is 9.59 Å². The summed E-state index contributed by atoms with van der Waals surface area (Å²) in [4.78, 5) is 25.6. The molecule has 1 unspecified atom stereocenters. The molecular weight excluding hydrogens is 392 g/mol. The zero-order valence-corrected chi connectivity index (χ0v) is 17.9. The van der Waals surface area contributed by atoms with E-state index < -0.39 is 0 Å². The lowest BCUT2D eigenvalue weighted by Crippen LogP contribution is -2.30. The maximum Gasteiger partial charge on any atom is 0.252 e. The van der Waals surface area contributed by atoms with Crippen molar-refractivity contribution in [2.75, 3.05) is 19.8 Å². The van der Waals surface area contributed by atoms with Crippen LogP contribution in [-0.2, 0) is 0 Å². The average molecular weight is 421 g/mol. The minimum absolute atomic E-state index is 0. The summed E-state index contributed by atoms with van der Waals surface area (Å²) in [5.74, 6) is 0.555. The summed E-state index contributed by atoms with van der Waals surface area (Å²) in [6.07, 6.45) is 0.665. The molecule has 0 fully saturated rings. The number of hydrogen-bond acceptors (Lipinski definition) is 5. The molecular formula is C22H29ClN2O4. The molecule has 0 aliphatic carbocycles. The Morgan fingerprint density at radius 2 is 1.62 bits per heavy atom. The van der Waals surface area contributed by atoms with E-state index in [2.05, 4.69) is 5.32 Å². The van der Waals surface area contributed by atoms with Gasteiger partial charge in [-0.2, -0.15) is 0 Å². The first-order valence-corrected chi connectivity index (χ1v) is 9.55. The second kappa shape index (κ2) is 12.1. The lowest BCUT2D eigenvalue weighted by molar-refractivity contribution is 0.0941. The van der Waals surface area contributed by atoms with Gasteiger partial charge in [0.05, 0.1) is 18.8 Å². The molecule has 29 heavy (non-hydrogen) atoms. The largest absolute Gasteiger partial charge is 0.490 e. The number of nitrogens with one attached hydrogen (secondary N) is 1. The van der Waals surface area contributed by atoms with E-state index in [9.17, 15) is 9.59 Å². The van der Waals surface area contributed by atoms with Gasteiger partial charge in [-0.25, -0.2) is 0 Å². The zero-order valence-electron chi connectivity index (χ0n) is 17.1. The standard InChI is InChI=1S/C22H28N2O4.ClH/c1-4-27-19-11-10-16(14-20(19)28-5-2)21(25)17-8-6-7-9-18(17)22(26)24-13-12-15(3)23;/h6-11,14-15H,4-5,12-13,23H2,1-3H3,(H,24,26);1H. The Balaban J connectivity index is 0.00000420. The van der Waals surface area contributed by atoms with Crippen molar-refractivity contribution in [3.63, 3.8) is 0 Å². The minimum atomic E-state index is -0.291. The molecule has 0 heterocycles. The summed E-state index contributed by atoms with van der Waals surface area (Å²) < 4.78 is 11.1. The Bertz CT molecular complexity index is 824. The van der Waals surface area contributed by atoms with E-state index in [0.717, 1.165) is 0 Å². The number of carbonyl (C=O) groups is 2. The van der Waals surface area contributed by atoms with Gasteiger partial charge in [0.1, 0.15) is 0 Å². The van der Waals surface area contributed by atoms with Gasteiger partial charge in [0.15, 0.2) is 17.3 Å². The third-order valence-corrected chi connectivity index (χ3v) is 4.11. The summed E-state index contributed by atoms with van der Waals surface area (Å²) in [6.45, 7) is 7.04. The molecule has 6 nitrogen and oxygen atoms in total. The lowest BCUT2D eigenvalue weighted by atomic mass is 9.97. The molecule has 158 valence electrons. The van der Waals surface area contributed by atoms with Crippen LogP contribution in [0, 0.1) is 0 Å². The average Bonchev–Trinajstić information content (AvgIpc) is 2.68. The predicted molar refractivity (Wildman–Crippen MR) is 117 cm³/mol. The van der Waals surface area contributed by atoms with Crippen LogP contribution in [0.15, 0.2) is 42.5 Å². The van der Waals surface area contributed by atoms with Crippen LogP contribution in [0.5, 0.6) is 11.5 Å². The first-order chi connectivity index (χ1) is 13.5. The number of amides is 1. The summed E-state index contributed by atoms with van der Waals surface area (Å²) in [5.41, 5.74) is 6.83. The van der Waals surface area contributed by atoms with Gasteiger partial charge in [0, 0.05) is 23.7 Å². The Morgan fingerprint density at radius 3 is 2.24 bits per heavy atom. The number of carbonyl (C=O) groups excluding carboxylic acids is 2. The zero-order chi connectivity index (χ0) is 20.5. The predicted octanol–water partition coefficient (Wildman–Crippen LogP) is 3.60. The van der Waals surface area contributed by atoms with E-state index in [0.29, 0.717) is 54.4 Å².